The van der Waals surface area contributed by atoms with Crippen molar-refractivity contribution < 1.29 is 9.04 Å². The molecular weight excluding hydrogens is 134 g/mol. The molecule has 0 aliphatic rings. The minimum absolute atomic E-state index is 0.103. The molecule has 0 aromatic carbocycles. The molecule has 0 saturated heterocycles. The zero-order valence-corrected chi connectivity index (χ0v) is 5.24. The molecule has 0 radical (unpaired) electrons. The van der Waals surface area contributed by atoms with E-state index < -0.39 is 17.7 Å². The van der Waals surface area contributed by atoms with Crippen molar-refractivity contribution in [1.82, 2.24) is 9.55 Å². The van der Waals surface area contributed by atoms with Gasteiger partial charge in [0, 0.05) is 6.92 Å². The van der Waals surface area contributed by atoms with E-state index in [1.54, 1.807) is 0 Å². The Bertz CT molecular complexity index is 343. The lowest BCUT2D eigenvalue weighted by Crippen LogP contribution is -1.97. The van der Waals surface area contributed by atoms with Gasteiger partial charge in [-0.25, -0.2) is 9.55 Å². The molecule has 0 N–H and O–H groups in total. The van der Waals surface area contributed by atoms with Gasteiger partial charge in [0.1, 0.15) is 6.20 Å². The molecule has 1 aromatic rings. The largest absolute Gasteiger partial charge is 0.358 e. The lowest BCUT2D eigenvalue weighted by Gasteiger charge is -1.92. The highest BCUT2D eigenvalue weighted by atomic mass is 16.6. The first-order valence-electron chi connectivity index (χ1n) is 4.03. The zero-order chi connectivity index (χ0) is 10.2. The Morgan fingerprint density at radius 1 is 2.00 bits per heavy atom. The van der Waals surface area contributed by atoms with Crippen LogP contribution in [-0.2, 0) is 6.98 Å². The highest BCUT2D eigenvalue weighted by molar-refractivity contribution is 5.17. The Kier molecular flexibility index (Phi) is 0.774. The molecule has 54 valence electrons. The van der Waals surface area contributed by atoms with Gasteiger partial charge in [-0.2, -0.15) is 0 Å². The van der Waals surface area contributed by atoms with Gasteiger partial charge >= 0.3 is 5.82 Å². The van der Waals surface area contributed by atoms with Crippen molar-refractivity contribution in [3.05, 3.63) is 22.1 Å². The van der Waals surface area contributed by atoms with E-state index in [2.05, 4.69) is 4.98 Å². The van der Waals surface area contributed by atoms with E-state index in [9.17, 15) is 10.1 Å². The fourth-order valence-electron chi connectivity index (χ4n) is 0.561. The van der Waals surface area contributed by atoms with Gasteiger partial charge in [-0.3, -0.25) is 0 Å². The average Bonchev–Trinajstić information content (AvgIpc) is 2.28. The summed E-state index contributed by atoms with van der Waals surface area (Å²) in [6.45, 7) is -1.15. The predicted molar refractivity (Wildman–Crippen MR) is 34.6 cm³/mol. The minimum Gasteiger partial charge on any atom is -0.358 e. The van der Waals surface area contributed by atoms with E-state index in [1.807, 2.05) is 0 Å². The molecular formula is C5H7N3O2. The van der Waals surface area contributed by atoms with E-state index in [-0.39, 0.29) is 5.82 Å². The third kappa shape index (κ3) is 0.854. The molecule has 1 heterocycles. The monoisotopic (exact) mass is 144 g/mol. The van der Waals surface area contributed by atoms with Crippen LogP contribution in [0.4, 0.5) is 5.82 Å². The van der Waals surface area contributed by atoms with E-state index in [4.69, 9.17) is 4.11 Å². The normalized spacial score (nSPS) is 15.5. The van der Waals surface area contributed by atoms with Gasteiger partial charge in [-0.15, -0.1) is 0 Å². The van der Waals surface area contributed by atoms with Gasteiger partial charge in [-0.05, 0) is 4.92 Å². The van der Waals surface area contributed by atoms with Crippen LogP contribution in [-0.4, -0.2) is 14.5 Å². The van der Waals surface area contributed by atoms with Crippen LogP contribution in [0.5, 0.6) is 0 Å². The zero-order valence-electron chi connectivity index (χ0n) is 8.24. The highest BCUT2D eigenvalue weighted by Crippen LogP contribution is 2.09. The maximum atomic E-state index is 10.4. The Hall–Kier alpha value is -1.39. The number of aryl methyl sites for hydroxylation is 1. The van der Waals surface area contributed by atoms with Gasteiger partial charge < -0.3 is 10.1 Å². The van der Waals surface area contributed by atoms with Crippen LogP contribution in [0, 0.1) is 17.0 Å². The van der Waals surface area contributed by atoms with Crippen LogP contribution >= 0.6 is 0 Å². The molecule has 5 nitrogen and oxygen atoms in total. The SMILES string of the molecule is [2H]C([2H])([2H])n1c([N+](=O)[O-])cnc1C. The van der Waals surface area contributed by atoms with Crippen LogP contribution in [0.25, 0.3) is 0 Å². The van der Waals surface area contributed by atoms with Gasteiger partial charge in [0.25, 0.3) is 0 Å². The van der Waals surface area contributed by atoms with E-state index in [0.29, 0.717) is 4.57 Å². The molecule has 0 fully saturated rings. The fourth-order valence-corrected chi connectivity index (χ4v) is 0.561. The number of nitrogens with zero attached hydrogens (tertiary/aromatic N) is 3. The molecule has 1 rings (SSSR count). The second-order valence-electron chi connectivity index (χ2n) is 1.76. The van der Waals surface area contributed by atoms with Crippen molar-refractivity contribution in [2.75, 3.05) is 0 Å². The Labute approximate surface area is 61.7 Å². The van der Waals surface area contributed by atoms with Crippen LogP contribution < -0.4 is 0 Å². The van der Waals surface area contributed by atoms with Crippen molar-refractivity contribution in [2.24, 2.45) is 6.98 Å². The molecule has 0 saturated carbocycles. The van der Waals surface area contributed by atoms with Crippen molar-refractivity contribution in [3.63, 3.8) is 0 Å². The van der Waals surface area contributed by atoms with Gasteiger partial charge in [-0.1, -0.05) is 0 Å². The van der Waals surface area contributed by atoms with Gasteiger partial charge in [0.2, 0.25) is 0 Å². The van der Waals surface area contributed by atoms with Crippen molar-refractivity contribution in [2.45, 2.75) is 6.92 Å². The van der Waals surface area contributed by atoms with Crippen LogP contribution in [0.1, 0.15) is 9.94 Å². The second-order valence-corrected chi connectivity index (χ2v) is 1.76. The summed E-state index contributed by atoms with van der Waals surface area (Å²) in [7, 11) is 0. The summed E-state index contributed by atoms with van der Waals surface area (Å²) in [5.74, 6) is -0.413. The number of aromatic nitrogens is 2. The summed E-state index contributed by atoms with van der Waals surface area (Å²) in [6.07, 6.45) is 0.932. The smallest absolute Gasteiger partial charge is 0.342 e. The number of nitro groups is 1. The number of rotatable bonds is 1. The summed E-state index contributed by atoms with van der Waals surface area (Å²) in [5.41, 5.74) is 0. The molecule has 0 aliphatic heterocycles. The fraction of sp³-hybridized carbons (Fsp3) is 0.400. The summed E-state index contributed by atoms with van der Waals surface area (Å²) >= 11 is 0. The predicted octanol–water partition coefficient (Wildman–Crippen LogP) is 0.637. The molecule has 5 heteroatoms. The second kappa shape index (κ2) is 2.09. The standard InChI is InChI=1S/C5H7N3O2/c1-4-6-3-5(7(4)2)8(9)10/h3H,1-2H3/i2D3. The van der Waals surface area contributed by atoms with E-state index in [0.717, 1.165) is 6.20 Å². The maximum Gasteiger partial charge on any atom is 0.342 e. The molecule has 0 aliphatic carbocycles. The van der Waals surface area contributed by atoms with Crippen molar-refractivity contribution >= 4 is 5.82 Å². The summed E-state index contributed by atoms with van der Waals surface area (Å²) in [4.78, 5) is 13.2. The first-order valence-corrected chi connectivity index (χ1v) is 2.53. The molecule has 10 heavy (non-hydrogen) atoms. The topological polar surface area (TPSA) is 61.0 Å². The lowest BCUT2D eigenvalue weighted by molar-refractivity contribution is -0.391. The highest BCUT2D eigenvalue weighted by Gasteiger charge is 2.11. The first kappa shape index (κ1) is 3.70. The summed E-state index contributed by atoms with van der Waals surface area (Å²) in [6, 6.07) is 0. The number of imidazole rings is 1. The van der Waals surface area contributed by atoms with Crippen molar-refractivity contribution in [3.8, 4) is 0 Å². The Morgan fingerprint density at radius 3 is 3.10 bits per heavy atom. The first-order chi connectivity index (χ1) is 5.84. The molecule has 0 amide bonds. The van der Waals surface area contributed by atoms with Gasteiger partial charge in [0.05, 0.1) is 11.1 Å². The van der Waals surface area contributed by atoms with Crippen LogP contribution in [0.15, 0.2) is 6.20 Å². The number of hydrogen-bond donors (Lipinski definition) is 0. The number of hydrogen-bond acceptors (Lipinski definition) is 3. The van der Waals surface area contributed by atoms with Crippen LogP contribution in [0.3, 0.4) is 0 Å². The third-order valence-corrected chi connectivity index (χ3v) is 1.11. The molecule has 0 unspecified atom stereocenters. The van der Waals surface area contributed by atoms with Gasteiger partial charge in [0.15, 0.2) is 5.82 Å². The quantitative estimate of drug-likeness (QED) is 0.429. The maximum absolute atomic E-state index is 10.4. The third-order valence-electron chi connectivity index (χ3n) is 1.11. The minimum atomic E-state index is -2.55. The molecule has 0 bridgehead atoms. The average molecular weight is 144 g/mol. The van der Waals surface area contributed by atoms with E-state index >= 15 is 0 Å². The van der Waals surface area contributed by atoms with E-state index in [1.165, 1.54) is 6.92 Å². The Balaban J connectivity index is 3.33. The Morgan fingerprint density at radius 2 is 2.70 bits per heavy atom. The van der Waals surface area contributed by atoms with Crippen molar-refractivity contribution in [1.29, 1.82) is 0 Å². The molecule has 1 aromatic heterocycles. The van der Waals surface area contributed by atoms with Crippen LogP contribution in [0.2, 0.25) is 0 Å². The molecule has 0 atom stereocenters. The lowest BCUT2D eigenvalue weighted by atomic mass is 10.7. The molecule has 0 spiro atoms. The summed E-state index contributed by atoms with van der Waals surface area (Å²) in [5, 5.41) is 10.4. The summed E-state index contributed by atoms with van der Waals surface area (Å²) < 4.78 is 21.7.